The molecule has 0 aromatic heterocycles. The van der Waals surface area contributed by atoms with Gasteiger partial charge < -0.3 is 9.80 Å². The van der Waals surface area contributed by atoms with Crippen LogP contribution in [-0.2, 0) is 0 Å². The quantitative estimate of drug-likeness (QED) is 0.815. The fraction of sp³-hybridized carbons (Fsp3) is 0.235. The highest BCUT2D eigenvalue weighted by atomic mass is 79.9. The lowest BCUT2D eigenvalue weighted by molar-refractivity contribution is 0.0746. The lowest BCUT2D eigenvalue weighted by Gasteiger charge is -2.36. The van der Waals surface area contributed by atoms with Crippen molar-refractivity contribution in [1.82, 2.24) is 4.90 Å². The van der Waals surface area contributed by atoms with E-state index < -0.39 is 0 Å². The second-order valence-electron chi connectivity index (χ2n) is 5.24. The lowest BCUT2D eigenvalue weighted by atomic mass is 10.1. The second kappa shape index (κ2) is 6.48. The Balaban J connectivity index is 1.67. The van der Waals surface area contributed by atoms with E-state index in [1.165, 1.54) is 23.9 Å². The number of anilines is 1. The van der Waals surface area contributed by atoms with E-state index in [4.69, 9.17) is 0 Å². The number of hydrogen-bond donors (Lipinski definition) is 0. The molecule has 1 amide bonds. The van der Waals surface area contributed by atoms with Crippen molar-refractivity contribution >= 4 is 27.5 Å². The number of para-hydroxylation sites is 1. The van der Waals surface area contributed by atoms with Gasteiger partial charge in [-0.15, -0.1) is 0 Å². The van der Waals surface area contributed by atoms with Gasteiger partial charge in [-0.05, 0) is 46.3 Å². The summed E-state index contributed by atoms with van der Waals surface area (Å²) in [6, 6.07) is 14.4. The number of benzene rings is 2. The average Bonchev–Trinajstić information content (AvgIpc) is 2.55. The summed E-state index contributed by atoms with van der Waals surface area (Å²) in [7, 11) is 0. The second-order valence-corrected chi connectivity index (χ2v) is 6.09. The van der Waals surface area contributed by atoms with Gasteiger partial charge in [-0.2, -0.15) is 0 Å². The van der Waals surface area contributed by atoms with E-state index in [0.29, 0.717) is 23.1 Å². The van der Waals surface area contributed by atoms with Crippen molar-refractivity contribution in [3.63, 3.8) is 0 Å². The van der Waals surface area contributed by atoms with Gasteiger partial charge in [0.2, 0.25) is 0 Å². The van der Waals surface area contributed by atoms with Crippen LogP contribution in [0, 0.1) is 5.82 Å². The Hall–Kier alpha value is -1.88. The summed E-state index contributed by atoms with van der Waals surface area (Å²) >= 11 is 3.26. The molecule has 0 aliphatic carbocycles. The van der Waals surface area contributed by atoms with Crippen LogP contribution < -0.4 is 4.90 Å². The van der Waals surface area contributed by atoms with Gasteiger partial charge in [0.25, 0.3) is 5.91 Å². The van der Waals surface area contributed by atoms with Crippen molar-refractivity contribution in [2.45, 2.75) is 0 Å². The fourth-order valence-electron chi connectivity index (χ4n) is 2.64. The van der Waals surface area contributed by atoms with Crippen molar-refractivity contribution in [3.8, 4) is 0 Å². The third-order valence-corrected chi connectivity index (χ3v) is 4.51. The Morgan fingerprint density at radius 2 is 1.68 bits per heavy atom. The van der Waals surface area contributed by atoms with Crippen LogP contribution in [0.4, 0.5) is 10.1 Å². The summed E-state index contributed by atoms with van der Waals surface area (Å²) in [4.78, 5) is 16.6. The summed E-state index contributed by atoms with van der Waals surface area (Å²) in [6.45, 7) is 2.93. The van der Waals surface area contributed by atoms with Crippen LogP contribution in [0.3, 0.4) is 0 Å². The van der Waals surface area contributed by atoms with Crippen LogP contribution in [0.5, 0.6) is 0 Å². The SMILES string of the molecule is O=C(c1ccc(F)cc1Br)N1CCN(c2ccccc2)CC1. The molecule has 2 aromatic carbocycles. The summed E-state index contributed by atoms with van der Waals surface area (Å²) in [5, 5.41) is 0. The number of rotatable bonds is 2. The van der Waals surface area contributed by atoms with Crippen molar-refractivity contribution in [1.29, 1.82) is 0 Å². The fourth-order valence-corrected chi connectivity index (χ4v) is 3.16. The predicted octanol–water partition coefficient (Wildman–Crippen LogP) is 3.55. The van der Waals surface area contributed by atoms with E-state index in [1.807, 2.05) is 23.1 Å². The molecule has 0 bridgehead atoms. The molecule has 0 atom stereocenters. The monoisotopic (exact) mass is 362 g/mol. The Kier molecular flexibility index (Phi) is 4.43. The number of halogens is 2. The molecule has 1 aliphatic heterocycles. The standard InChI is InChI=1S/C17H16BrFN2O/c18-16-12-13(19)6-7-15(16)17(22)21-10-8-20(9-11-21)14-4-2-1-3-5-14/h1-7,12H,8-11H2. The van der Waals surface area contributed by atoms with E-state index >= 15 is 0 Å². The third-order valence-electron chi connectivity index (χ3n) is 3.85. The van der Waals surface area contributed by atoms with Crippen molar-refractivity contribution < 1.29 is 9.18 Å². The smallest absolute Gasteiger partial charge is 0.255 e. The topological polar surface area (TPSA) is 23.6 Å². The van der Waals surface area contributed by atoms with Gasteiger partial charge in [0.15, 0.2) is 0 Å². The van der Waals surface area contributed by atoms with Crippen LogP contribution in [0.25, 0.3) is 0 Å². The number of piperazine rings is 1. The van der Waals surface area contributed by atoms with Crippen LogP contribution >= 0.6 is 15.9 Å². The van der Waals surface area contributed by atoms with E-state index in [0.717, 1.165) is 13.1 Å². The number of carbonyl (C=O) groups excluding carboxylic acids is 1. The number of carbonyl (C=O) groups is 1. The van der Waals surface area contributed by atoms with Crippen molar-refractivity contribution in [2.75, 3.05) is 31.1 Å². The first-order valence-electron chi connectivity index (χ1n) is 7.19. The Morgan fingerprint density at radius 1 is 1.00 bits per heavy atom. The zero-order chi connectivity index (χ0) is 15.5. The van der Waals surface area contributed by atoms with Gasteiger partial charge in [-0.1, -0.05) is 18.2 Å². The zero-order valence-electron chi connectivity index (χ0n) is 12.0. The minimum absolute atomic E-state index is 0.0559. The summed E-state index contributed by atoms with van der Waals surface area (Å²) < 4.78 is 13.6. The molecule has 0 spiro atoms. The normalized spacial score (nSPS) is 15.0. The van der Waals surface area contributed by atoms with Gasteiger partial charge in [0.05, 0.1) is 5.56 Å². The van der Waals surface area contributed by atoms with Crippen LogP contribution in [0.1, 0.15) is 10.4 Å². The third kappa shape index (κ3) is 3.14. The maximum atomic E-state index is 13.1. The molecule has 0 N–H and O–H groups in total. The van der Waals surface area contributed by atoms with E-state index in [9.17, 15) is 9.18 Å². The first-order valence-corrected chi connectivity index (χ1v) is 7.99. The van der Waals surface area contributed by atoms with Crippen molar-refractivity contribution in [2.24, 2.45) is 0 Å². The number of amides is 1. The molecule has 114 valence electrons. The minimum Gasteiger partial charge on any atom is -0.368 e. The number of hydrogen-bond acceptors (Lipinski definition) is 2. The zero-order valence-corrected chi connectivity index (χ0v) is 13.6. The molecule has 1 fully saturated rings. The predicted molar refractivity (Wildman–Crippen MR) is 88.7 cm³/mol. The first-order chi connectivity index (χ1) is 10.6. The molecule has 5 heteroatoms. The molecule has 1 heterocycles. The maximum Gasteiger partial charge on any atom is 0.255 e. The van der Waals surface area contributed by atoms with Gasteiger partial charge in [0.1, 0.15) is 5.82 Å². The van der Waals surface area contributed by atoms with E-state index in [1.54, 1.807) is 0 Å². The Morgan fingerprint density at radius 3 is 2.32 bits per heavy atom. The summed E-state index contributed by atoms with van der Waals surface area (Å²) in [6.07, 6.45) is 0. The average molecular weight is 363 g/mol. The maximum absolute atomic E-state index is 13.1. The molecule has 1 saturated heterocycles. The number of nitrogens with zero attached hydrogens (tertiary/aromatic N) is 2. The Labute approximate surface area is 137 Å². The van der Waals surface area contributed by atoms with Gasteiger partial charge in [0, 0.05) is 36.3 Å². The molecule has 1 aliphatic rings. The molecule has 0 radical (unpaired) electrons. The highest BCUT2D eigenvalue weighted by Crippen LogP contribution is 2.21. The van der Waals surface area contributed by atoms with Crippen molar-refractivity contribution in [3.05, 3.63) is 64.4 Å². The molecule has 0 unspecified atom stereocenters. The highest BCUT2D eigenvalue weighted by molar-refractivity contribution is 9.10. The van der Waals surface area contributed by atoms with Crippen LogP contribution in [-0.4, -0.2) is 37.0 Å². The Bertz CT molecular complexity index is 670. The molecular formula is C17H16BrFN2O. The minimum atomic E-state index is -0.350. The highest BCUT2D eigenvalue weighted by Gasteiger charge is 2.23. The summed E-state index contributed by atoms with van der Waals surface area (Å²) in [5.41, 5.74) is 1.69. The first kappa shape index (κ1) is 15.0. The van der Waals surface area contributed by atoms with Crippen LogP contribution in [0.2, 0.25) is 0 Å². The van der Waals surface area contributed by atoms with Gasteiger partial charge in [-0.3, -0.25) is 4.79 Å². The summed E-state index contributed by atoms with van der Waals surface area (Å²) in [5.74, 6) is -0.406. The molecular weight excluding hydrogens is 347 g/mol. The lowest BCUT2D eigenvalue weighted by Crippen LogP contribution is -2.48. The largest absolute Gasteiger partial charge is 0.368 e. The van der Waals surface area contributed by atoms with Gasteiger partial charge in [-0.25, -0.2) is 4.39 Å². The molecule has 3 rings (SSSR count). The van der Waals surface area contributed by atoms with E-state index in [2.05, 4.69) is 33.0 Å². The molecule has 22 heavy (non-hydrogen) atoms. The van der Waals surface area contributed by atoms with Gasteiger partial charge >= 0.3 is 0 Å². The molecule has 0 saturated carbocycles. The van der Waals surface area contributed by atoms with E-state index in [-0.39, 0.29) is 11.7 Å². The molecule has 3 nitrogen and oxygen atoms in total. The molecule has 2 aromatic rings. The van der Waals surface area contributed by atoms with Crippen LogP contribution in [0.15, 0.2) is 53.0 Å².